The highest BCUT2D eigenvalue weighted by Crippen LogP contribution is 2.29. The van der Waals surface area contributed by atoms with Gasteiger partial charge in [0.05, 0.1) is 15.5 Å². The summed E-state index contributed by atoms with van der Waals surface area (Å²) in [5.74, 6) is 0. The second-order valence-corrected chi connectivity index (χ2v) is 9.40. The Morgan fingerprint density at radius 3 is 2.32 bits per heavy atom. The standard InChI is InChI=1S/C20H16BrClN4O4S/c1-13(14-2-4-15(21)5-3-14)23-24-19-11-10-18(12-20(19)26(27)28)31(29,30)25-17-8-6-16(22)7-9-17/h2-12,24-25H,1H3. The average molecular weight is 524 g/mol. The zero-order chi connectivity index (χ0) is 22.6. The van der Waals surface area contributed by atoms with Gasteiger partial charge in [0.15, 0.2) is 0 Å². The number of nitro groups is 1. The van der Waals surface area contributed by atoms with Gasteiger partial charge in [-0.1, -0.05) is 39.7 Å². The molecule has 0 aliphatic heterocycles. The first kappa shape index (κ1) is 22.7. The Labute approximate surface area is 192 Å². The van der Waals surface area contributed by atoms with E-state index in [1.165, 1.54) is 36.4 Å². The molecular weight excluding hydrogens is 508 g/mol. The summed E-state index contributed by atoms with van der Waals surface area (Å²) in [7, 11) is -4.04. The van der Waals surface area contributed by atoms with Gasteiger partial charge in [0.2, 0.25) is 0 Å². The molecule has 0 atom stereocenters. The van der Waals surface area contributed by atoms with Gasteiger partial charge in [-0.05, 0) is 61.0 Å². The lowest BCUT2D eigenvalue weighted by Gasteiger charge is -2.10. The van der Waals surface area contributed by atoms with Crippen molar-refractivity contribution in [2.75, 3.05) is 10.1 Å². The molecule has 0 heterocycles. The van der Waals surface area contributed by atoms with Crippen molar-refractivity contribution in [3.63, 3.8) is 0 Å². The molecule has 160 valence electrons. The van der Waals surface area contributed by atoms with Gasteiger partial charge in [-0.25, -0.2) is 8.42 Å². The minimum atomic E-state index is -4.04. The van der Waals surface area contributed by atoms with E-state index in [1.807, 2.05) is 24.3 Å². The zero-order valence-electron chi connectivity index (χ0n) is 16.0. The van der Waals surface area contributed by atoms with Crippen LogP contribution < -0.4 is 10.1 Å². The molecule has 0 saturated carbocycles. The Balaban J connectivity index is 1.87. The van der Waals surface area contributed by atoms with Gasteiger partial charge in [-0.3, -0.25) is 20.3 Å². The van der Waals surface area contributed by atoms with Crippen molar-refractivity contribution in [2.24, 2.45) is 5.10 Å². The molecule has 11 heteroatoms. The van der Waals surface area contributed by atoms with Gasteiger partial charge in [0.25, 0.3) is 15.7 Å². The third kappa shape index (κ3) is 5.81. The molecule has 0 fully saturated rings. The smallest absolute Gasteiger partial charge is 0.280 e. The number of rotatable bonds is 7. The van der Waals surface area contributed by atoms with Crippen molar-refractivity contribution < 1.29 is 13.3 Å². The molecule has 0 aliphatic carbocycles. The van der Waals surface area contributed by atoms with E-state index in [0.717, 1.165) is 16.1 Å². The number of nitrogens with one attached hydrogen (secondary N) is 2. The summed E-state index contributed by atoms with van der Waals surface area (Å²) in [6, 6.07) is 17.0. The number of nitro benzene ring substituents is 1. The second-order valence-electron chi connectivity index (χ2n) is 6.36. The topological polar surface area (TPSA) is 114 Å². The quantitative estimate of drug-likeness (QED) is 0.236. The summed E-state index contributed by atoms with van der Waals surface area (Å²) in [6.45, 7) is 1.75. The summed E-state index contributed by atoms with van der Waals surface area (Å²) in [6.07, 6.45) is 0. The van der Waals surface area contributed by atoms with E-state index in [-0.39, 0.29) is 16.3 Å². The Morgan fingerprint density at radius 1 is 1.06 bits per heavy atom. The Hall–Kier alpha value is -2.95. The fraction of sp³-hybridized carbons (Fsp3) is 0.0500. The SMILES string of the molecule is CC(=NNc1ccc(S(=O)(=O)Nc2ccc(Cl)cc2)cc1[N+](=O)[O-])c1ccc(Br)cc1. The first-order valence-corrected chi connectivity index (χ1v) is 11.4. The first-order chi connectivity index (χ1) is 14.7. The summed E-state index contributed by atoms with van der Waals surface area (Å²) in [5, 5.41) is 16.2. The van der Waals surface area contributed by atoms with E-state index in [1.54, 1.807) is 6.92 Å². The minimum Gasteiger partial charge on any atom is -0.280 e. The maximum absolute atomic E-state index is 12.6. The predicted molar refractivity (Wildman–Crippen MR) is 125 cm³/mol. The van der Waals surface area contributed by atoms with Crippen molar-refractivity contribution in [3.8, 4) is 0 Å². The molecule has 0 amide bonds. The number of sulfonamides is 1. The van der Waals surface area contributed by atoms with Gasteiger partial charge < -0.3 is 0 Å². The van der Waals surface area contributed by atoms with Crippen molar-refractivity contribution in [3.05, 3.63) is 91.9 Å². The summed E-state index contributed by atoms with van der Waals surface area (Å²) in [4.78, 5) is 10.6. The predicted octanol–water partition coefficient (Wildman–Crippen LogP) is 5.65. The van der Waals surface area contributed by atoms with Crippen LogP contribution in [0.4, 0.5) is 17.1 Å². The molecule has 0 radical (unpaired) electrons. The summed E-state index contributed by atoms with van der Waals surface area (Å²) in [5.41, 5.74) is 3.99. The first-order valence-electron chi connectivity index (χ1n) is 8.79. The number of halogens is 2. The molecule has 3 rings (SSSR count). The lowest BCUT2D eigenvalue weighted by molar-refractivity contribution is -0.384. The van der Waals surface area contributed by atoms with Crippen LogP contribution in [-0.4, -0.2) is 19.1 Å². The highest BCUT2D eigenvalue weighted by molar-refractivity contribution is 9.10. The average Bonchev–Trinajstić information content (AvgIpc) is 2.73. The highest BCUT2D eigenvalue weighted by Gasteiger charge is 2.21. The number of hydrogen-bond acceptors (Lipinski definition) is 6. The lowest BCUT2D eigenvalue weighted by Crippen LogP contribution is -2.13. The molecule has 31 heavy (non-hydrogen) atoms. The van der Waals surface area contributed by atoms with Crippen LogP contribution in [0.5, 0.6) is 0 Å². The number of anilines is 2. The molecule has 0 spiro atoms. The van der Waals surface area contributed by atoms with Crippen LogP contribution in [0.2, 0.25) is 5.02 Å². The number of hydrogen-bond donors (Lipinski definition) is 2. The molecule has 0 aromatic heterocycles. The normalized spacial score (nSPS) is 11.8. The van der Waals surface area contributed by atoms with Crippen molar-refractivity contribution >= 4 is 60.3 Å². The molecule has 0 saturated heterocycles. The molecule has 0 unspecified atom stereocenters. The van der Waals surface area contributed by atoms with Gasteiger partial charge in [-0.2, -0.15) is 5.10 Å². The van der Waals surface area contributed by atoms with Gasteiger partial charge >= 0.3 is 0 Å². The largest absolute Gasteiger partial charge is 0.295 e. The Bertz CT molecular complexity index is 1250. The van der Waals surface area contributed by atoms with Gasteiger partial charge in [-0.15, -0.1) is 0 Å². The van der Waals surface area contributed by atoms with E-state index >= 15 is 0 Å². The highest BCUT2D eigenvalue weighted by atomic mass is 79.9. The Kier molecular flexibility index (Phi) is 6.94. The number of hydrazone groups is 1. The Morgan fingerprint density at radius 2 is 1.71 bits per heavy atom. The fourth-order valence-corrected chi connectivity index (χ4v) is 4.02. The van der Waals surface area contributed by atoms with E-state index in [2.05, 4.69) is 31.2 Å². The number of nitrogens with zero attached hydrogens (tertiary/aromatic N) is 2. The third-order valence-corrected chi connectivity index (χ3v) is 6.34. The van der Waals surface area contributed by atoms with Crippen LogP contribution in [-0.2, 0) is 10.0 Å². The molecule has 3 aromatic carbocycles. The van der Waals surface area contributed by atoms with Crippen LogP contribution in [0.3, 0.4) is 0 Å². The van der Waals surface area contributed by atoms with Crippen LogP contribution in [0.1, 0.15) is 12.5 Å². The monoisotopic (exact) mass is 522 g/mol. The fourth-order valence-electron chi connectivity index (χ4n) is 2.56. The minimum absolute atomic E-state index is 0.0619. The van der Waals surface area contributed by atoms with Crippen LogP contribution >= 0.6 is 27.5 Å². The molecule has 3 aromatic rings. The second kappa shape index (κ2) is 9.46. The van der Waals surface area contributed by atoms with Crippen LogP contribution in [0, 0.1) is 10.1 Å². The number of benzene rings is 3. The maximum atomic E-state index is 12.6. The van der Waals surface area contributed by atoms with Gasteiger partial charge in [0.1, 0.15) is 5.69 Å². The molecular formula is C20H16BrClN4O4S. The third-order valence-electron chi connectivity index (χ3n) is 4.18. The van der Waals surface area contributed by atoms with E-state index in [9.17, 15) is 18.5 Å². The van der Waals surface area contributed by atoms with Crippen LogP contribution in [0.15, 0.2) is 81.2 Å². The molecule has 0 bridgehead atoms. The van der Waals surface area contributed by atoms with Gasteiger partial charge in [0, 0.05) is 21.2 Å². The van der Waals surface area contributed by atoms with Crippen molar-refractivity contribution in [1.82, 2.24) is 0 Å². The maximum Gasteiger partial charge on any atom is 0.295 e. The van der Waals surface area contributed by atoms with Crippen molar-refractivity contribution in [1.29, 1.82) is 0 Å². The van der Waals surface area contributed by atoms with E-state index < -0.39 is 20.6 Å². The van der Waals surface area contributed by atoms with Crippen molar-refractivity contribution in [2.45, 2.75) is 11.8 Å². The van der Waals surface area contributed by atoms with E-state index in [4.69, 9.17) is 11.6 Å². The molecule has 8 nitrogen and oxygen atoms in total. The van der Waals surface area contributed by atoms with E-state index in [0.29, 0.717) is 10.7 Å². The van der Waals surface area contributed by atoms with Crippen LogP contribution in [0.25, 0.3) is 0 Å². The summed E-state index contributed by atoms with van der Waals surface area (Å²) >= 11 is 9.15. The molecule has 0 aliphatic rings. The zero-order valence-corrected chi connectivity index (χ0v) is 19.2. The molecule has 2 N–H and O–H groups in total. The summed E-state index contributed by atoms with van der Waals surface area (Å²) < 4.78 is 28.5. The lowest BCUT2D eigenvalue weighted by atomic mass is 10.1.